The number of amides is 2. The van der Waals surface area contributed by atoms with Crippen LogP contribution in [0.3, 0.4) is 0 Å². The molecule has 0 aromatic carbocycles. The van der Waals surface area contributed by atoms with Gasteiger partial charge in [0.05, 0.1) is 6.04 Å². The lowest BCUT2D eigenvalue weighted by molar-refractivity contribution is -0.128. The van der Waals surface area contributed by atoms with Crippen LogP contribution in [0.5, 0.6) is 0 Å². The first-order valence-corrected chi connectivity index (χ1v) is 7.67. The Balaban J connectivity index is 4.14. The van der Waals surface area contributed by atoms with Crippen molar-refractivity contribution in [1.29, 1.82) is 0 Å². The van der Waals surface area contributed by atoms with Crippen LogP contribution in [-0.4, -0.2) is 48.4 Å². The minimum atomic E-state index is -0.708. The molecule has 0 bridgehead atoms. The van der Waals surface area contributed by atoms with Crippen molar-refractivity contribution in [3.05, 3.63) is 0 Å². The van der Waals surface area contributed by atoms with Crippen LogP contribution in [0.1, 0.15) is 19.3 Å². The third kappa shape index (κ3) is 8.59. The van der Waals surface area contributed by atoms with Crippen LogP contribution in [0.4, 0.5) is 0 Å². The highest BCUT2D eigenvalue weighted by Crippen LogP contribution is 2.02. The molecule has 116 valence electrons. The summed E-state index contributed by atoms with van der Waals surface area (Å²) < 4.78 is 0. The summed E-state index contributed by atoms with van der Waals surface area (Å²) in [5.41, 5.74) is 21.3. The molecule has 0 aliphatic carbocycles. The molecule has 0 fully saturated rings. The number of hydrogen-bond acceptors (Lipinski definition) is 5. The van der Waals surface area contributed by atoms with E-state index < -0.39 is 18.0 Å². The number of nitrogens with two attached hydrogens (primary N) is 4. The zero-order valence-electron chi connectivity index (χ0n) is 11.7. The molecule has 0 unspecified atom stereocenters. The number of carbonyl (C=O) groups is 2. The third-order valence-corrected chi connectivity index (χ3v) is 3.22. The Labute approximate surface area is 123 Å². The summed E-state index contributed by atoms with van der Waals surface area (Å²) in [7, 11) is 0. The maximum Gasteiger partial charge on any atom is 0.240 e. The van der Waals surface area contributed by atoms with Gasteiger partial charge in [-0.25, -0.2) is 0 Å². The maximum atomic E-state index is 11.8. The molecule has 2 amide bonds. The minimum Gasteiger partial charge on any atom is -0.370 e. The second kappa shape index (κ2) is 10.3. The number of nitrogens with one attached hydrogen (secondary N) is 1. The van der Waals surface area contributed by atoms with E-state index in [4.69, 9.17) is 22.9 Å². The lowest BCUT2D eigenvalue weighted by Gasteiger charge is -2.18. The van der Waals surface area contributed by atoms with E-state index in [0.29, 0.717) is 25.8 Å². The van der Waals surface area contributed by atoms with Crippen molar-refractivity contribution in [1.82, 2.24) is 5.32 Å². The van der Waals surface area contributed by atoms with Crippen LogP contribution >= 0.6 is 11.8 Å². The van der Waals surface area contributed by atoms with Gasteiger partial charge in [0.1, 0.15) is 6.04 Å². The first-order valence-electron chi connectivity index (χ1n) is 6.28. The molecule has 8 nitrogen and oxygen atoms in total. The molecule has 0 aliphatic rings. The lowest BCUT2D eigenvalue weighted by atomic mass is 10.1. The quantitative estimate of drug-likeness (QED) is 0.180. The second-order valence-corrected chi connectivity index (χ2v) is 5.29. The van der Waals surface area contributed by atoms with E-state index in [0.717, 1.165) is 5.75 Å². The van der Waals surface area contributed by atoms with Crippen LogP contribution in [0.15, 0.2) is 4.99 Å². The maximum absolute atomic E-state index is 11.8. The monoisotopic (exact) mass is 304 g/mol. The summed E-state index contributed by atoms with van der Waals surface area (Å²) in [4.78, 5) is 26.8. The molecule has 0 aliphatic heterocycles. The van der Waals surface area contributed by atoms with Crippen LogP contribution in [-0.2, 0) is 9.59 Å². The van der Waals surface area contributed by atoms with Crippen LogP contribution in [0.2, 0.25) is 0 Å². The van der Waals surface area contributed by atoms with E-state index in [-0.39, 0.29) is 11.9 Å². The molecular weight excluding hydrogens is 280 g/mol. The number of guanidine groups is 1. The summed E-state index contributed by atoms with van der Waals surface area (Å²) in [6.07, 6.45) is 3.41. The van der Waals surface area contributed by atoms with E-state index in [1.165, 1.54) is 0 Å². The normalized spacial score (nSPS) is 13.3. The first kappa shape index (κ1) is 18.5. The molecule has 0 radical (unpaired) electrons. The molecule has 9 N–H and O–H groups in total. The highest BCUT2D eigenvalue weighted by molar-refractivity contribution is 7.98. The zero-order valence-corrected chi connectivity index (χ0v) is 12.5. The molecular formula is C11H24N6O2S. The number of primary amides is 1. The van der Waals surface area contributed by atoms with Crippen LogP contribution in [0.25, 0.3) is 0 Å². The minimum absolute atomic E-state index is 0.00822. The van der Waals surface area contributed by atoms with Crippen LogP contribution < -0.4 is 28.3 Å². The van der Waals surface area contributed by atoms with Crippen molar-refractivity contribution in [2.45, 2.75) is 31.3 Å². The number of thioether (sulfide) groups is 1. The Morgan fingerprint density at radius 2 is 1.90 bits per heavy atom. The molecule has 0 heterocycles. The highest BCUT2D eigenvalue weighted by Gasteiger charge is 2.21. The van der Waals surface area contributed by atoms with Gasteiger partial charge in [0.2, 0.25) is 11.8 Å². The van der Waals surface area contributed by atoms with Crippen molar-refractivity contribution in [2.75, 3.05) is 18.6 Å². The molecule has 0 saturated carbocycles. The Hall–Kier alpha value is -1.48. The van der Waals surface area contributed by atoms with Gasteiger partial charge in [-0.15, -0.1) is 0 Å². The fourth-order valence-corrected chi connectivity index (χ4v) is 1.92. The Bertz CT molecular complexity index is 346. The molecule has 0 spiro atoms. The van der Waals surface area contributed by atoms with E-state index in [9.17, 15) is 9.59 Å². The van der Waals surface area contributed by atoms with Gasteiger partial charge >= 0.3 is 0 Å². The summed E-state index contributed by atoms with van der Waals surface area (Å²) >= 11 is 1.57. The average molecular weight is 304 g/mol. The van der Waals surface area contributed by atoms with E-state index in [2.05, 4.69) is 10.3 Å². The molecule has 0 rings (SSSR count). The fourth-order valence-electron chi connectivity index (χ4n) is 1.45. The highest BCUT2D eigenvalue weighted by atomic mass is 32.2. The van der Waals surface area contributed by atoms with Crippen LogP contribution in [0, 0.1) is 0 Å². The van der Waals surface area contributed by atoms with Gasteiger partial charge in [-0.2, -0.15) is 11.8 Å². The number of rotatable bonds is 10. The zero-order chi connectivity index (χ0) is 15.5. The fraction of sp³-hybridized carbons (Fsp3) is 0.727. The second-order valence-electron chi connectivity index (χ2n) is 4.30. The van der Waals surface area contributed by atoms with Gasteiger partial charge in [-0.3, -0.25) is 14.6 Å². The van der Waals surface area contributed by atoms with E-state index in [1.54, 1.807) is 11.8 Å². The molecule has 9 heteroatoms. The number of carbonyl (C=O) groups excluding carboxylic acids is 2. The average Bonchev–Trinajstić information content (AvgIpc) is 2.38. The molecule has 2 atom stereocenters. The SMILES string of the molecule is CSCC[C@@H](NC(=O)[C@H](N)CCCN=C(N)N)C(N)=O. The Morgan fingerprint density at radius 3 is 2.40 bits per heavy atom. The number of nitrogens with zero attached hydrogens (tertiary/aromatic N) is 1. The van der Waals surface area contributed by atoms with Crippen molar-refractivity contribution in [2.24, 2.45) is 27.9 Å². The van der Waals surface area contributed by atoms with E-state index >= 15 is 0 Å². The third-order valence-electron chi connectivity index (χ3n) is 2.57. The van der Waals surface area contributed by atoms with Gasteiger partial charge in [-0.1, -0.05) is 0 Å². The van der Waals surface area contributed by atoms with Gasteiger partial charge < -0.3 is 28.3 Å². The van der Waals surface area contributed by atoms with E-state index in [1.807, 2.05) is 6.26 Å². The van der Waals surface area contributed by atoms with Gasteiger partial charge in [0.25, 0.3) is 0 Å². The summed E-state index contributed by atoms with van der Waals surface area (Å²) in [5, 5.41) is 2.56. The topological polar surface area (TPSA) is 163 Å². The predicted molar refractivity (Wildman–Crippen MR) is 82.0 cm³/mol. The summed E-state index contributed by atoms with van der Waals surface area (Å²) in [6.45, 7) is 0.412. The number of aliphatic imine (C=N–C) groups is 1. The standard InChI is InChI=1S/C11H24N6O2S/c1-20-6-4-8(9(13)18)17-10(19)7(12)3-2-5-16-11(14)15/h7-8H,2-6,12H2,1H3,(H2,13,18)(H,17,19)(H4,14,15,16)/t7-,8-/m1/s1. The molecule has 20 heavy (non-hydrogen) atoms. The molecule has 0 aromatic heterocycles. The smallest absolute Gasteiger partial charge is 0.240 e. The summed E-state index contributed by atoms with van der Waals surface area (Å²) in [5.74, 6) is -0.207. The Kier molecular flexibility index (Phi) is 9.56. The molecule has 0 aromatic rings. The van der Waals surface area contributed by atoms with Gasteiger partial charge in [0, 0.05) is 6.54 Å². The number of hydrogen-bond donors (Lipinski definition) is 5. The summed E-state index contributed by atoms with van der Waals surface area (Å²) in [6, 6.07) is -1.39. The van der Waals surface area contributed by atoms with Crippen molar-refractivity contribution in [3.8, 4) is 0 Å². The van der Waals surface area contributed by atoms with Gasteiger partial charge in [-0.05, 0) is 31.3 Å². The van der Waals surface area contributed by atoms with Crippen molar-refractivity contribution < 1.29 is 9.59 Å². The van der Waals surface area contributed by atoms with Crippen molar-refractivity contribution >= 4 is 29.5 Å². The Morgan fingerprint density at radius 1 is 1.25 bits per heavy atom. The van der Waals surface area contributed by atoms with Crippen molar-refractivity contribution in [3.63, 3.8) is 0 Å². The largest absolute Gasteiger partial charge is 0.370 e. The lowest BCUT2D eigenvalue weighted by Crippen LogP contribution is -2.50. The first-order chi connectivity index (χ1) is 9.38. The predicted octanol–water partition coefficient (Wildman–Crippen LogP) is -1.91. The molecule has 0 saturated heterocycles. The van der Waals surface area contributed by atoms with Gasteiger partial charge in [0.15, 0.2) is 5.96 Å².